The Morgan fingerprint density at radius 1 is 1.26 bits per heavy atom. The number of anilines is 1. The maximum absolute atomic E-state index is 14.1. The summed E-state index contributed by atoms with van der Waals surface area (Å²) in [5, 5.41) is 8.33. The zero-order chi connectivity index (χ0) is 24.9. The fourth-order valence-electron chi connectivity index (χ4n) is 4.14. The van der Waals surface area contributed by atoms with Crippen LogP contribution in [0.25, 0.3) is 0 Å². The number of nitrogens with one attached hydrogen (secondary N) is 2. The molecular weight excluding hydrogens is 479 g/mol. The van der Waals surface area contributed by atoms with E-state index in [1.807, 2.05) is 0 Å². The van der Waals surface area contributed by atoms with Gasteiger partial charge in [-0.05, 0) is 18.9 Å². The predicted molar refractivity (Wildman–Crippen MR) is 112 cm³/mol. The minimum absolute atomic E-state index is 0.0363. The number of amides is 4. The van der Waals surface area contributed by atoms with E-state index >= 15 is 0 Å². The van der Waals surface area contributed by atoms with Crippen LogP contribution in [0.15, 0.2) is 36.4 Å². The number of aryl methyl sites for hydroxylation is 1. The largest absolute Gasteiger partial charge is 0.425 e. The molecule has 2 atom stereocenters. The maximum Gasteiger partial charge on any atom is 0.425 e. The van der Waals surface area contributed by atoms with E-state index in [1.54, 1.807) is 12.2 Å². The van der Waals surface area contributed by atoms with Gasteiger partial charge in [0.15, 0.2) is 9.84 Å². The number of carbonyl (C=O) groups excluding carboxylic acids is 3. The third-order valence-electron chi connectivity index (χ3n) is 5.72. The van der Waals surface area contributed by atoms with Gasteiger partial charge in [0.2, 0.25) is 11.4 Å². The van der Waals surface area contributed by atoms with E-state index < -0.39 is 57.5 Å². The van der Waals surface area contributed by atoms with Crippen molar-refractivity contribution >= 4 is 33.5 Å². The molecule has 14 heteroatoms. The van der Waals surface area contributed by atoms with Gasteiger partial charge >= 0.3 is 12.2 Å². The number of urea groups is 1. The van der Waals surface area contributed by atoms with Gasteiger partial charge in [-0.15, -0.1) is 0 Å². The van der Waals surface area contributed by atoms with Crippen molar-refractivity contribution in [3.8, 4) is 0 Å². The summed E-state index contributed by atoms with van der Waals surface area (Å²) >= 11 is 0. The first-order valence-electron chi connectivity index (χ1n) is 10.2. The van der Waals surface area contributed by atoms with Gasteiger partial charge in [0.25, 0.3) is 5.91 Å². The van der Waals surface area contributed by atoms with Gasteiger partial charge in [0, 0.05) is 6.07 Å². The lowest BCUT2D eigenvalue weighted by molar-refractivity contribution is -0.198. The van der Waals surface area contributed by atoms with Crippen molar-refractivity contribution < 1.29 is 36.0 Å². The monoisotopic (exact) mass is 499 g/mol. The molecule has 2 aliphatic rings. The van der Waals surface area contributed by atoms with Crippen molar-refractivity contribution in [2.75, 3.05) is 23.4 Å². The Hall–Kier alpha value is -3.42. The Kier molecular flexibility index (Phi) is 5.66. The molecule has 34 heavy (non-hydrogen) atoms. The lowest BCUT2D eigenvalue weighted by atomic mass is 9.89. The SMILES string of the molecule is Cc1cc(NC(=O)CN2C(=O)NC(c3ccccc3)(C(F)(F)F)C2=O)n(C2CCS(=O)(=O)C2)n1. The first kappa shape index (κ1) is 23.7. The van der Waals surface area contributed by atoms with Crippen LogP contribution >= 0.6 is 0 Å². The van der Waals surface area contributed by atoms with Crippen molar-refractivity contribution in [2.45, 2.75) is 31.1 Å². The number of imide groups is 1. The molecule has 0 saturated carbocycles. The smallest absolute Gasteiger partial charge is 0.312 e. The van der Waals surface area contributed by atoms with Crippen molar-refractivity contribution in [3.05, 3.63) is 47.7 Å². The van der Waals surface area contributed by atoms with Crippen LogP contribution in [0.2, 0.25) is 0 Å². The van der Waals surface area contributed by atoms with Gasteiger partial charge < -0.3 is 10.6 Å². The average molecular weight is 499 g/mol. The highest BCUT2D eigenvalue weighted by Crippen LogP contribution is 2.43. The zero-order valence-corrected chi connectivity index (χ0v) is 18.6. The highest BCUT2D eigenvalue weighted by molar-refractivity contribution is 7.91. The van der Waals surface area contributed by atoms with Crippen LogP contribution in [0.1, 0.15) is 23.7 Å². The highest BCUT2D eigenvalue weighted by atomic mass is 32.2. The molecule has 1 aromatic heterocycles. The second-order valence-corrected chi connectivity index (χ2v) is 10.4. The molecule has 0 radical (unpaired) electrons. The molecular formula is C20H20F3N5O5S. The molecule has 3 heterocycles. The number of benzene rings is 1. The molecule has 0 bridgehead atoms. The second-order valence-electron chi connectivity index (χ2n) is 8.16. The minimum atomic E-state index is -5.17. The van der Waals surface area contributed by atoms with Crippen molar-refractivity contribution in [1.29, 1.82) is 0 Å². The second kappa shape index (κ2) is 8.11. The van der Waals surface area contributed by atoms with Crippen molar-refractivity contribution in [3.63, 3.8) is 0 Å². The van der Waals surface area contributed by atoms with Crippen LogP contribution < -0.4 is 10.6 Å². The van der Waals surface area contributed by atoms with Crippen molar-refractivity contribution in [2.24, 2.45) is 0 Å². The average Bonchev–Trinajstić information content (AvgIpc) is 3.37. The van der Waals surface area contributed by atoms with E-state index in [4.69, 9.17) is 0 Å². The Bertz CT molecular complexity index is 1260. The summed E-state index contributed by atoms with van der Waals surface area (Å²) in [6, 6.07) is 5.74. The van der Waals surface area contributed by atoms with Crippen LogP contribution in [-0.4, -0.2) is 65.2 Å². The molecule has 2 N–H and O–H groups in total. The van der Waals surface area contributed by atoms with E-state index in [2.05, 4.69) is 10.4 Å². The quantitative estimate of drug-likeness (QED) is 0.600. The van der Waals surface area contributed by atoms with Crippen LogP contribution in [0, 0.1) is 6.92 Å². The van der Waals surface area contributed by atoms with E-state index in [0.717, 1.165) is 12.1 Å². The first-order chi connectivity index (χ1) is 15.8. The van der Waals surface area contributed by atoms with Crippen LogP contribution in [0.3, 0.4) is 0 Å². The third kappa shape index (κ3) is 4.02. The highest BCUT2D eigenvalue weighted by Gasteiger charge is 2.68. The van der Waals surface area contributed by atoms with Crippen LogP contribution in [0.5, 0.6) is 0 Å². The molecule has 2 aliphatic heterocycles. The Morgan fingerprint density at radius 2 is 1.94 bits per heavy atom. The van der Waals surface area contributed by atoms with E-state index in [0.29, 0.717) is 5.69 Å². The summed E-state index contributed by atoms with van der Waals surface area (Å²) in [4.78, 5) is 38.1. The van der Waals surface area contributed by atoms with Gasteiger partial charge in [0.05, 0.1) is 23.2 Å². The third-order valence-corrected chi connectivity index (χ3v) is 7.47. The molecule has 182 valence electrons. The summed E-state index contributed by atoms with van der Waals surface area (Å²) in [7, 11) is -3.25. The van der Waals surface area contributed by atoms with E-state index in [-0.39, 0.29) is 28.6 Å². The standard InChI is InChI=1S/C20H20F3N5O5S/c1-12-9-15(28(26-12)14-7-8-34(32,33)11-14)24-16(29)10-27-17(30)19(20(21,22)23,25-18(27)31)13-5-3-2-4-6-13/h2-6,9,14H,7-8,10-11H2,1H3,(H,24,29)(H,25,31). The molecule has 4 amide bonds. The molecule has 2 aromatic rings. The van der Waals surface area contributed by atoms with E-state index in [9.17, 15) is 36.0 Å². The number of rotatable bonds is 5. The first-order valence-corrected chi connectivity index (χ1v) is 12.0. The Labute approximate surface area is 192 Å². The number of alkyl halides is 3. The van der Waals surface area contributed by atoms with Gasteiger partial charge in [-0.25, -0.2) is 17.9 Å². The molecule has 1 aromatic carbocycles. The van der Waals surface area contributed by atoms with Gasteiger partial charge in [-0.2, -0.15) is 18.3 Å². The summed E-state index contributed by atoms with van der Waals surface area (Å²) in [5.74, 6) is -2.67. The Morgan fingerprint density at radius 3 is 2.53 bits per heavy atom. The number of sulfone groups is 1. The molecule has 0 spiro atoms. The minimum Gasteiger partial charge on any atom is -0.312 e. The lowest BCUT2D eigenvalue weighted by Crippen LogP contribution is -2.56. The summed E-state index contributed by atoms with van der Waals surface area (Å²) < 4.78 is 67.1. The molecule has 2 saturated heterocycles. The van der Waals surface area contributed by atoms with Gasteiger partial charge in [-0.1, -0.05) is 30.3 Å². The molecule has 4 rings (SSSR count). The number of hydrogen-bond donors (Lipinski definition) is 2. The Balaban J connectivity index is 1.56. The van der Waals surface area contributed by atoms with Gasteiger partial charge in [-0.3, -0.25) is 14.5 Å². The number of hydrogen-bond acceptors (Lipinski definition) is 6. The van der Waals surface area contributed by atoms with Crippen LogP contribution in [0.4, 0.5) is 23.8 Å². The molecule has 2 unspecified atom stereocenters. The number of halogens is 3. The summed E-state index contributed by atoms with van der Waals surface area (Å²) in [6.45, 7) is 0.632. The molecule has 0 aliphatic carbocycles. The summed E-state index contributed by atoms with van der Waals surface area (Å²) in [5.41, 5.74) is -3.34. The predicted octanol–water partition coefficient (Wildman–Crippen LogP) is 1.50. The topological polar surface area (TPSA) is 130 Å². The summed E-state index contributed by atoms with van der Waals surface area (Å²) in [6.07, 6.45) is -4.89. The van der Waals surface area contributed by atoms with Crippen LogP contribution in [-0.2, 0) is 25.0 Å². The molecule has 10 nitrogen and oxygen atoms in total. The lowest BCUT2D eigenvalue weighted by Gasteiger charge is -2.29. The van der Waals surface area contributed by atoms with Crippen molar-refractivity contribution in [1.82, 2.24) is 20.0 Å². The number of aromatic nitrogens is 2. The maximum atomic E-state index is 14.1. The van der Waals surface area contributed by atoms with E-state index in [1.165, 1.54) is 28.9 Å². The fourth-order valence-corrected chi connectivity index (χ4v) is 5.83. The molecule has 2 fully saturated rings. The van der Waals surface area contributed by atoms with Gasteiger partial charge in [0.1, 0.15) is 12.4 Å². The zero-order valence-electron chi connectivity index (χ0n) is 17.8. The number of carbonyl (C=O) groups is 3. The fraction of sp³-hybridized carbons (Fsp3) is 0.400. The normalized spacial score (nSPS) is 24.4. The number of nitrogens with zero attached hydrogens (tertiary/aromatic N) is 3.